The van der Waals surface area contributed by atoms with E-state index in [0.717, 1.165) is 0 Å². The minimum Gasteiger partial charge on any atom is -0.853 e. The van der Waals surface area contributed by atoms with E-state index in [1.165, 1.54) is 0 Å². The second-order valence-electron chi connectivity index (χ2n) is 7.46. The predicted octanol–water partition coefficient (Wildman–Crippen LogP) is 2.72. The van der Waals surface area contributed by atoms with Gasteiger partial charge in [-0.25, -0.2) is 9.13 Å². The molecule has 2 aromatic rings. The quantitative estimate of drug-likeness (QED) is 0.478. The van der Waals surface area contributed by atoms with Gasteiger partial charge in [0.1, 0.15) is 23.5 Å². The van der Waals surface area contributed by atoms with Crippen molar-refractivity contribution in [2.75, 3.05) is 0 Å². The molecule has 0 aliphatic heterocycles. The highest BCUT2D eigenvalue weighted by Crippen LogP contribution is 2.19. The van der Waals surface area contributed by atoms with E-state index < -0.39 is 0 Å². The van der Waals surface area contributed by atoms with Crippen molar-refractivity contribution in [3.63, 3.8) is 0 Å². The van der Waals surface area contributed by atoms with Crippen molar-refractivity contribution in [1.82, 2.24) is 4.57 Å². The van der Waals surface area contributed by atoms with Crippen LogP contribution in [0.5, 0.6) is 0 Å². The van der Waals surface area contributed by atoms with Crippen LogP contribution in [0.25, 0.3) is 0 Å². The van der Waals surface area contributed by atoms with Gasteiger partial charge in [0.25, 0.3) is 5.82 Å². The number of para-hydroxylation sites is 1. The first-order chi connectivity index (χ1) is 10.1. The SMILES string of the molecule is CC(C)(C)n1cc[n+](C(C)(C)C)c1C([O-])=Nc1ccccc1. The molecule has 1 aromatic carbocycles. The molecule has 0 amide bonds. The first kappa shape index (κ1) is 16.3. The fraction of sp³-hybridized carbons (Fsp3) is 0.444. The number of hydrogen-bond donors (Lipinski definition) is 0. The van der Waals surface area contributed by atoms with Crippen LogP contribution >= 0.6 is 0 Å². The summed E-state index contributed by atoms with van der Waals surface area (Å²) < 4.78 is 3.99. The third kappa shape index (κ3) is 3.38. The van der Waals surface area contributed by atoms with Crippen molar-refractivity contribution in [3.8, 4) is 0 Å². The van der Waals surface area contributed by atoms with E-state index in [1.54, 1.807) is 0 Å². The van der Waals surface area contributed by atoms with Crippen LogP contribution in [0.2, 0.25) is 0 Å². The number of rotatable bonds is 2. The molecule has 0 fully saturated rings. The largest absolute Gasteiger partial charge is 0.853 e. The lowest BCUT2D eigenvalue weighted by molar-refractivity contribution is -0.756. The van der Waals surface area contributed by atoms with Crippen molar-refractivity contribution in [1.29, 1.82) is 0 Å². The minimum atomic E-state index is -0.221. The third-order valence-corrected chi connectivity index (χ3v) is 3.44. The number of aromatic nitrogens is 2. The molecule has 118 valence electrons. The maximum absolute atomic E-state index is 12.8. The molecule has 0 spiro atoms. The first-order valence-corrected chi connectivity index (χ1v) is 7.56. The zero-order valence-corrected chi connectivity index (χ0v) is 14.3. The second-order valence-corrected chi connectivity index (χ2v) is 7.46. The Morgan fingerprint density at radius 2 is 1.64 bits per heavy atom. The maximum atomic E-state index is 12.8. The summed E-state index contributed by atoms with van der Waals surface area (Å²) >= 11 is 0. The zero-order valence-electron chi connectivity index (χ0n) is 14.3. The lowest BCUT2D eigenvalue weighted by atomic mass is 10.1. The average Bonchev–Trinajstić information content (AvgIpc) is 2.84. The van der Waals surface area contributed by atoms with Gasteiger partial charge in [0, 0.05) is 0 Å². The van der Waals surface area contributed by atoms with Crippen LogP contribution in [0, 0.1) is 0 Å². The summed E-state index contributed by atoms with van der Waals surface area (Å²) in [4.78, 5) is 4.27. The van der Waals surface area contributed by atoms with Gasteiger partial charge in [-0.3, -0.25) is 4.99 Å². The molecule has 22 heavy (non-hydrogen) atoms. The average molecular weight is 299 g/mol. The Hall–Kier alpha value is -2.10. The highest BCUT2D eigenvalue weighted by atomic mass is 16.3. The number of aliphatic imine (C=N–C) groups is 1. The van der Waals surface area contributed by atoms with Gasteiger partial charge in [0.15, 0.2) is 0 Å². The summed E-state index contributed by atoms with van der Waals surface area (Å²) in [6.07, 6.45) is 3.91. The van der Waals surface area contributed by atoms with Crippen LogP contribution in [0.15, 0.2) is 47.7 Å². The normalized spacial score (nSPS) is 13.5. The van der Waals surface area contributed by atoms with E-state index in [1.807, 2.05) is 51.9 Å². The molecule has 1 aromatic heterocycles. The fourth-order valence-corrected chi connectivity index (χ4v) is 2.35. The van der Waals surface area contributed by atoms with E-state index in [-0.39, 0.29) is 17.0 Å². The Morgan fingerprint density at radius 1 is 1.05 bits per heavy atom. The van der Waals surface area contributed by atoms with Gasteiger partial charge >= 0.3 is 0 Å². The molecule has 0 saturated carbocycles. The van der Waals surface area contributed by atoms with E-state index >= 15 is 0 Å². The topological polar surface area (TPSA) is 44.2 Å². The summed E-state index contributed by atoms with van der Waals surface area (Å²) in [5, 5.41) is 12.8. The molecule has 0 N–H and O–H groups in total. The first-order valence-electron chi connectivity index (χ1n) is 7.56. The zero-order chi connectivity index (χ0) is 16.5. The molecule has 0 unspecified atom stereocenters. The smallest absolute Gasteiger partial charge is 0.293 e. The molecule has 0 atom stereocenters. The number of nitrogens with zero attached hydrogens (tertiary/aromatic N) is 3. The van der Waals surface area contributed by atoms with Crippen LogP contribution in [-0.4, -0.2) is 10.5 Å². The fourth-order valence-electron chi connectivity index (χ4n) is 2.35. The molecule has 0 aliphatic rings. The Kier molecular flexibility index (Phi) is 4.14. The highest BCUT2D eigenvalue weighted by Gasteiger charge is 2.32. The molecular weight excluding hydrogens is 274 g/mol. The predicted molar refractivity (Wildman–Crippen MR) is 87.3 cm³/mol. The lowest BCUT2D eigenvalue weighted by Gasteiger charge is -2.23. The molecule has 0 saturated heterocycles. The van der Waals surface area contributed by atoms with Gasteiger partial charge < -0.3 is 5.11 Å². The van der Waals surface area contributed by atoms with Crippen LogP contribution in [0.4, 0.5) is 5.69 Å². The van der Waals surface area contributed by atoms with Crippen molar-refractivity contribution < 1.29 is 9.67 Å². The molecule has 4 nitrogen and oxygen atoms in total. The van der Waals surface area contributed by atoms with Gasteiger partial charge in [0.2, 0.25) is 0 Å². The molecular formula is C18H25N3O. The molecule has 4 heteroatoms. The van der Waals surface area contributed by atoms with E-state index in [0.29, 0.717) is 11.5 Å². The minimum absolute atomic E-state index is 0.187. The maximum Gasteiger partial charge on any atom is 0.293 e. The monoisotopic (exact) mass is 299 g/mol. The number of benzene rings is 1. The summed E-state index contributed by atoms with van der Waals surface area (Å²) in [6.45, 7) is 12.5. The third-order valence-electron chi connectivity index (χ3n) is 3.44. The van der Waals surface area contributed by atoms with E-state index in [9.17, 15) is 5.11 Å². The van der Waals surface area contributed by atoms with E-state index in [4.69, 9.17) is 0 Å². The van der Waals surface area contributed by atoms with Gasteiger partial charge in [-0.1, -0.05) is 18.2 Å². The van der Waals surface area contributed by atoms with Gasteiger partial charge in [-0.15, -0.1) is 0 Å². The summed E-state index contributed by atoms with van der Waals surface area (Å²) in [7, 11) is 0. The van der Waals surface area contributed by atoms with Crippen molar-refractivity contribution in [3.05, 3.63) is 48.5 Å². The summed E-state index contributed by atoms with van der Waals surface area (Å²) in [5.74, 6) is 0.380. The summed E-state index contributed by atoms with van der Waals surface area (Å²) in [5.41, 5.74) is 0.302. The van der Waals surface area contributed by atoms with Crippen LogP contribution in [-0.2, 0) is 11.1 Å². The second kappa shape index (κ2) is 5.59. The summed E-state index contributed by atoms with van der Waals surface area (Å²) in [6, 6.07) is 9.35. The standard InChI is InChI=1S/C18H25N3O/c1-17(2,3)20-12-13-21(18(4,5)6)16(20)15(22)19-14-10-8-7-9-11-14/h7-13H,1-6H3. The Labute approximate surface area is 132 Å². The van der Waals surface area contributed by atoms with E-state index in [2.05, 4.69) is 46.5 Å². The molecule has 2 rings (SSSR count). The van der Waals surface area contributed by atoms with Gasteiger partial charge in [-0.2, -0.15) is 0 Å². The van der Waals surface area contributed by atoms with Crippen LogP contribution in [0.1, 0.15) is 47.4 Å². The van der Waals surface area contributed by atoms with Crippen LogP contribution < -0.4 is 9.67 Å². The van der Waals surface area contributed by atoms with Gasteiger partial charge in [-0.05, 0) is 53.7 Å². The molecule has 0 radical (unpaired) electrons. The van der Waals surface area contributed by atoms with Crippen molar-refractivity contribution >= 4 is 11.6 Å². The van der Waals surface area contributed by atoms with Crippen molar-refractivity contribution in [2.45, 2.75) is 52.6 Å². The van der Waals surface area contributed by atoms with Gasteiger partial charge in [0.05, 0.1) is 11.6 Å². The molecule has 0 aliphatic carbocycles. The Bertz CT molecular complexity index is 639. The lowest BCUT2D eigenvalue weighted by Crippen LogP contribution is -2.55. The number of imidazole rings is 1. The number of hydrogen-bond acceptors (Lipinski definition) is 2. The Balaban J connectivity index is 2.62. The highest BCUT2D eigenvalue weighted by molar-refractivity contribution is 5.87. The molecule has 1 heterocycles. The van der Waals surface area contributed by atoms with Crippen molar-refractivity contribution in [2.24, 2.45) is 4.99 Å². The Morgan fingerprint density at radius 3 is 2.14 bits per heavy atom. The molecule has 0 bridgehead atoms. The van der Waals surface area contributed by atoms with Crippen LogP contribution in [0.3, 0.4) is 0 Å².